The van der Waals surface area contributed by atoms with Gasteiger partial charge in [0.25, 0.3) is 5.69 Å². The average molecular weight is 235 g/mol. The summed E-state index contributed by atoms with van der Waals surface area (Å²) in [6, 6.07) is 3.15. The molecule has 1 aromatic heterocycles. The lowest BCUT2D eigenvalue weighted by atomic mass is 10.1. The third-order valence-electron chi connectivity index (χ3n) is 2.22. The van der Waals surface area contributed by atoms with Crippen LogP contribution >= 0.6 is 0 Å². The number of hydrogen-bond donors (Lipinski definition) is 0. The fourth-order valence-electron chi connectivity index (χ4n) is 1.70. The lowest BCUT2D eigenvalue weighted by molar-refractivity contribution is -0.686. The van der Waals surface area contributed by atoms with Gasteiger partial charge < -0.3 is 9.90 Å². The number of pyridine rings is 1. The highest BCUT2D eigenvalue weighted by atomic mass is 16.4. The highest BCUT2D eigenvalue weighted by molar-refractivity contribution is 5.93. The van der Waals surface area contributed by atoms with Gasteiger partial charge in [0.15, 0.2) is 12.0 Å². The Kier molecular flexibility index (Phi) is 4.09. The number of ketones is 2. The van der Waals surface area contributed by atoms with E-state index in [-0.39, 0.29) is 30.2 Å². The van der Waals surface area contributed by atoms with Crippen LogP contribution in [0, 0.1) is 0 Å². The maximum atomic E-state index is 11.5. The van der Waals surface area contributed by atoms with Gasteiger partial charge in [-0.3, -0.25) is 9.59 Å². The average Bonchev–Trinajstić information content (AvgIpc) is 2.14. The fourth-order valence-corrected chi connectivity index (χ4v) is 1.70. The van der Waals surface area contributed by atoms with E-state index in [9.17, 15) is 19.5 Å². The molecule has 0 spiro atoms. The van der Waals surface area contributed by atoms with E-state index in [0.717, 1.165) is 0 Å². The molecule has 0 aliphatic carbocycles. The zero-order valence-electron chi connectivity index (χ0n) is 9.73. The first-order valence-electron chi connectivity index (χ1n) is 5.13. The third-order valence-corrected chi connectivity index (χ3v) is 2.22. The number of nitrogens with zero attached hydrogens (tertiary/aromatic N) is 1. The highest BCUT2D eigenvalue weighted by Crippen LogP contribution is 2.05. The second kappa shape index (κ2) is 5.34. The lowest BCUT2D eigenvalue weighted by Gasteiger charge is -2.06. The van der Waals surface area contributed by atoms with Crippen molar-refractivity contribution in [2.45, 2.75) is 26.8 Å². The molecule has 0 N–H and O–H groups in total. The second-order valence-electron chi connectivity index (χ2n) is 3.82. The summed E-state index contributed by atoms with van der Waals surface area (Å²) in [5.74, 6) is -1.64. The van der Waals surface area contributed by atoms with Crippen LogP contribution in [-0.2, 0) is 22.6 Å². The van der Waals surface area contributed by atoms with Crippen LogP contribution in [0.15, 0.2) is 18.3 Å². The fraction of sp³-hybridized carbons (Fsp3) is 0.333. The first kappa shape index (κ1) is 13.0. The van der Waals surface area contributed by atoms with Crippen LogP contribution in [0.3, 0.4) is 0 Å². The van der Waals surface area contributed by atoms with E-state index in [1.54, 1.807) is 18.3 Å². The number of carboxylic acid groups (broad SMARTS) is 1. The summed E-state index contributed by atoms with van der Waals surface area (Å²) in [4.78, 5) is 33.1. The molecule has 0 aromatic carbocycles. The SMILES string of the molecule is CC(=O)C[n+]1cccc(CC(=O)[O-])c1C(C)=O. The van der Waals surface area contributed by atoms with Crippen LogP contribution in [-0.4, -0.2) is 17.5 Å². The number of aromatic nitrogens is 1. The maximum absolute atomic E-state index is 11.5. The Balaban J connectivity index is 3.26. The molecule has 0 aliphatic rings. The Hall–Kier alpha value is -2.04. The maximum Gasteiger partial charge on any atom is 0.252 e. The number of carbonyl (C=O) groups excluding carboxylic acids is 3. The first-order valence-corrected chi connectivity index (χ1v) is 5.13. The predicted octanol–water partition coefficient (Wildman–Crippen LogP) is -0.942. The number of rotatable bonds is 5. The highest BCUT2D eigenvalue weighted by Gasteiger charge is 2.21. The van der Waals surface area contributed by atoms with Gasteiger partial charge in [-0.1, -0.05) is 0 Å². The summed E-state index contributed by atoms with van der Waals surface area (Å²) >= 11 is 0. The van der Waals surface area contributed by atoms with E-state index in [1.807, 2.05) is 0 Å². The van der Waals surface area contributed by atoms with Crippen molar-refractivity contribution >= 4 is 17.5 Å². The number of carbonyl (C=O) groups is 3. The van der Waals surface area contributed by atoms with Crippen LogP contribution in [0.5, 0.6) is 0 Å². The summed E-state index contributed by atoms with van der Waals surface area (Å²) < 4.78 is 1.46. The zero-order valence-corrected chi connectivity index (χ0v) is 9.73. The number of hydrogen-bond acceptors (Lipinski definition) is 4. The predicted molar refractivity (Wildman–Crippen MR) is 56.0 cm³/mol. The summed E-state index contributed by atoms with van der Waals surface area (Å²) in [5, 5.41) is 10.6. The Morgan fingerprint density at radius 1 is 1.29 bits per heavy atom. The largest absolute Gasteiger partial charge is 0.550 e. The van der Waals surface area contributed by atoms with Crippen LogP contribution < -0.4 is 9.67 Å². The molecule has 0 aliphatic heterocycles. The van der Waals surface area contributed by atoms with Crippen LogP contribution in [0.2, 0.25) is 0 Å². The van der Waals surface area contributed by atoms with Crippen molar-refractivity contribution in [1.82, 2.24) is 0 Å². The molecule has 0 amide bonds. The molecule has 17 heavy (non-hydrogen) atoms. The van der Waals surface area contributed by atoms with E-state index in [4.69, 9.17) is 0 Å². The molecule has 0 bridgehead atoms. The molecule has 90 valence electrons. The minimum absolute atomic E-state index is 0.0514. The Morgan fingerprint density at radius 2 is 1.94 bits per heavy atom. The minimum Gasteiger partial charge on any atom is -0.550 e. The van der Waals surface area contributed by atoms with Crippen molar-refractivity contribution in [3.05, 3.63) is 29.6 Å². The first-order chi connectivity index (χ1) is 7.91. The number of aliphatic carboxylic acids is 1. The molecular formula is C12H13NO4. The van der Waals surface area contributed by atoms with Gasteiger partial charge in [0.1, 0.15) is 0 Å². The van der Waals surface area contributed by atoms with E-state index in [2.05, 4.69) is 0 Å². The van der Waals surface area contributed by atoms with Gasteiger partial charge in [-0.2, -0.15) is 4.57 Å². The van der Waals surface area contributed by atoms with Crippen molar-refractivity contribution in [2.24, 2.45) is 0 Å². The van der Waals surface area contributed by atoms with E-state index >= 15 is 0 Å². The van der Waals surface area contributed by atoms with Crippen molar-refractivity contribution in [3.8, 4) is 0 Å². The van der Waals surface area contributed by atoms with E-state index in [0.29, 0.717) is 5.56 Å². The van der Waals surface area contributed by atoms with E-state index < -0.39 is 5.97 Å². The van der Waals surface area contributed by atoms with Crippen molar-refractivity contribution in [3.63, 3.8) is 0 Å². The third kappa shape index (κ3) is 3.48. The van der Waals surface area contributed by atoms with Crippen LogP contribution in [0.25, 0.3) is 0 Å². The van der Waals surface area contributed by atoms with Crippen LogP contribution in [0.4, 0.5) is 0 Å². The van der Waals surface area contributed by atoms with Gasteiger partial charge in [-0.15, -0.1) is 0 Å². The van der Waals surface area contributed by atoms with Gasteiger partial charge >= 0.3 is 0 Å². The number of Topliss-reactive ketones (excluding diaryl/α,β-unsaturated/α-hetero) is 2. The van der Waals surface area contributed by atoms with Crippen LogP contribution in [0.1, 0.15) is 29.9 Å². The molecule has 1 aromatic rings. The monoisotopic (exact) mass is 235 g/mol. The number of carboxylic acids is 1. The smallest absolute Gasteiger partial charge is 0.252 e. The molecule has 0 saturated heterocycles. The van der Waals surface area contributed by atoms with Crippen molar-refractivity contribution < 1.29 is 24.1 Å². The zero-order chi connectivity index (χ0) is 13.0. The molecule has 0 atom stereocenters. The van der Waals surface area contributed by atoms with E-state index in [1.165, 1.54) is 18.4 Å². The molecule has 5 nitrogen and oxygen atoms in total. The molecule has 1 rings (SSSR count). The molecule has 0 radical (unpaired) electrons. The minimum atomic E-state index is -1.26. The summed E-state index contributed by atoms with van der Waals surface area (Å²) in [6.07, 6.45) is 1.24. The summed E-state index contributed by atoms with van der Waals surface area (Å²) in [7, 11) is 0. The molecule has 0 unspecified atom stereocenters. The van der Waals surface area contributed by atoms with Gasteiger partial charge in [0, 0.05) is 37.9 Å². The lowest BCUT2D eigenvalue weighted by Crippen LogP contribution is -2.44. The topological polar surface area (TPSA) is 78.2 Å². The van der Waals surface area contributed by atoms with Gasteiger partial charge in [-0.05, 0) is 6.07 Å². The Morgan fingerprint density at radius 3 is 2.41 bits per heavy atom. The molecule has 1 heterocycles. The molecule has 0 saturated carbocycles. The Labute approximate surface area is 98.7 Å². The quantitative estimate of drug-likeness (QED) is 0.487. The van der Waals surface area contributed by atoms with Gasteiger partial charge in [-0.25, -0.2) is 0 Å². The van der Waals surface area contributed by atoms with Crippen molar-refractivity contribution in [2.75, 3.05) is 0 Å². The standard InChI is InChI=1S/C12H13NO4/c1-8(14)7-13-5-3-4-10(6-11(16)17)12(13)9(2)15/h3-5H,6-7H2,1-2H3. The molecule has 0 fully saturated rings. The van der Waals surface area contributed by atoms with Gasteiger partial charge in [0.05, 0.1) is 0 Å². The Bertz CT molecular complexity index is 445. The van der Waals surface area contributed by atoms with Gasteiger partial charge in [0.2, 0.25) is 12.3 Å². The normalized spacial score (nSPS) is 10.0. The molecule has 5 heteroatoms. The van der Waals surface area contributed by atoms with Crippen molar-refractivity contribution in [1.29, 1.82) is 0 Å². The summed E-state index contributed by atoms with van der Waals surface area (Å²) in [6.45, 7) is 2.79. The summed E-state index contributed by atoms with van der Waals surface area (Å²) in [5.41, 5.74) is 0.605. The molecular weight excluding hydrogens is 222 g/mol. The second-order valence-corrected chi connectivity index (χ2v) is 3.82.